The second-order valence-electron chi connectivity index (χ2n) is 3.86. The first-order valence-corrected chi connectivity index (χ1v) is 5.24. The number of carboxylic acid groups (broad SMARTS) is 1. The van der Waals surface area contributed by atoms with Crippen LogP contribution in [0.1, 0.15) is 32.6 Å². The third kappa shape index (κ3) is 2.50. The molecule has 1 aromatic rings. The number of rotatable bonds is 5. The minimum atomic E-state index is -0.865. The minimum Gasteiger partial charge on any atom is -0.481 e. The van der Waals surface area contributed by atoms with Gasteiger partial charge >= 0.3 is 5.97 Å². The molecule has 0 aromatic carbocycles. The summed E-state index contributed by atoms with van der Waals surface area (Å²) in [4.78, 5) is 16.8. The van der Waals surface area contributed by atoms with Crippen molar-refractivity contribution >= 4 is 11.9 Å². The summed E-state index contributed by atoms with van der Waals surface area (Å²) in [5.74, 6) is -0.840. The second-order valence-corrected chi connectivity index (χ2v) is 3.86. The van der Waals surface area contributed by atoms with Crippen molar-refractivity contribution in [2.24, 2.45) is 5.92 Å². The van der Waals surface area contributed by atoms with Crippen LogP contribution in [0.4, 0.5) is 5.95 Å². The van der Waals surface area contributed by atoms with Crippen molar-refractivity contribution in [2.45, 2.75) is 26.7 Å². The van der Waals surface area contributed by atoms with Crippen molar-refractivity contribution in [3.8, 4) is 0 Å². The molecule has 0 spiro atoms. The van der Waals surface area contributed by atoms with Gasteiger partial charge < -0.3 is 14.5 Å². The molecule has 6 heteroatoms. The molecule has 1 heterocycles. The fourth-order valence-electron chi connectivity index (χ4n) is 1.14. The van der Waals surface area contributed by atoms with Gasteiger partial charge in [-0.05, 0) is 12.1 Å². The summed E-state index contributed by atoms with van der Waals surface area (Å²) in [6.07, 6.45) is 0. The molecular weight excluding hydrogens is 210 g/mol. The van der Waals surface area contributed by atoms with E-state index in [4.69, 9.17) is 9.63 Å². The molecule has 16 heavy (non-hydrogen) atoms. The van der Waals surface area contributed by atoms with Crippen LogP contribution in [-0.2, 0) is 4.79 Å². The Morgan fingerprint density at radius 1 is 1.56 bits per heavy atom. The van der Waals surface area contributed by atoms with E-state index in [0.717, 1.165) is 6.54 Å². The number of aliphatic carboxylic acids is 1. The standard InChI is InChI=1S/C10H17N3O3/c1-5-13(4)10-11-8(16-12-10)6(2)7(3)9(14)15/h6-7H,5H2,1-4H3,(H,14,15). The molecule has 2 atom stereocenters. The van der Waals surface area contributed by atoms with Crippen molar-refractivity contribution < 1.29 is 14.4 Å². The van der Waals surface area contributed by atoms with Crippen molar-refractivity contribution in [1.29, 1.82) is 0 Å². The van der Waals surface area contributed by atoms with Crippen LogP contribution < -0.4 is 4.90 Å². The van der Waals surface area contributed by atoms with E-state index in [-0.39, 0.29) is 5.92 Å². The highest BCUT2D eigenvalue weighted by Crippen LogP contribution is 2.24. The molecule has 90 valence electrons. The van der Waals surface area contributed by atoms with E-state index >= 15 is 0 Å². The average molecular weight is 227 g/mol. The van der Waals surface area contributed by atoms with Gasteiger partial charge in [-0.1, -0.05) is 13.8 Å². The summed E-state index contributed by atoms with van der Waals surface area (Å²) < 4.78 is 5.05. The summed E-state index contributed by atoms with van der Waals surface area (Å²) in [5, 5.41) is 12.7. The summed E-state index contributed by atoms with van der Waals surface area (Å²) >= 11 is 0. The summed E-state index contributed by atoms with van der Waals surface area (Å²) in [7, 11) is 1.85. The third-order valence-corrected chi connectivity index (χ3v) is 2.78. The van der Waals surface area contributed by atoms with Crippen molar-refractivity contribution in [3.05, 3.63) is 5.89 Å². The Morgan fingerprint density at radius 2 is 2.19 bits per heavy atom. The van der Waals surface area contributed by atoms with E-state index < -0.39 is 11.9 Å². The Kier molecular flexibility index (Phi) is 3.87. The zero-order valence-corrected chi connectivity index (χ0v) is 9.97. The van der Waals surface area contributed by atoms with Gasteiger partial charge in [0.05, 0.1) is 5.92 Å². The molecule has 0 saturated heterocycles. The van der Waals surface area contributed by atoms with Crippen molar-refractivity contribution in [2.75, 3.05) is 18.5 Å². The van der Waals surface area contributed by atoms with Crippen LogP contribution in [0.2, 0.25) is 0 Å². The maximum atomic E-state index is 10.8. The number of carboxylic acids is 1. The number of aromatic nitrogens is 2. The molecule has 0 fully saturated rings. The first-order chi connectivity index (χ1) is 7.47. The lowest BCUT2D eigenvalue weighted by Gasteiger charge is -2.11. The molecule has 1 N–H and O–H groups in total. The molecule has 0 amide bonds. The van der Waals surface area contributed by atoms with Crippen LogP contribution in [-0.4, -0.2) is 34.8 Å². The molecule has 0 saturated carbocycles. The minimum absolute atomic E-state index is 0.288. The van der Waals surface area contributed by atoms with Crippen LogP contribution >= 0.6 is 0 Å². The lowest BCUT2D eigenvalue weighted by molar-refractivity contribution is -0.141. The molecule has 1 rings (SSSR count). The molecule has 6 nitrogen and oxygen atoms in total. The molecular formula is C10H17N3O3. The maximum Gasteiger partial charge on any atom is 0.307 e. The van der Waals surface area contributed by atoms with E-state index in [2.05, 4.69) is 10.1 Å². The second kappa shape index (κ2) is 4.96. The van der Waals surface area contributed by atoms with Crippen LogP contribution in [0.3, 0.4) is 0 Å². The SMILES string of the molecule is CCN(C)c1noc(C(C)C(C)C(=O)O)n1. The number of hydrogen-bond acceptors (Lipinski definition) is 5. The van der Waals surface area contributed by atoms with Gasteiger partial charge in [0.25, 0.3) is 5.95 Å². The van der Waals surface area contributed by atoms with Crippen LogP contribution in [0.5, 0.6) is 0 Å². The predicted molar refractivity (Wildman–Crippen MR) is 58.5 cm³/mol. The lowest BCUT2D eigenvalue weighted by Crippen LogP contribution is -2.18. The predicted octanol–water partition coefficient (Wildman–Crippen LogP) is 1.35. The fourth-order valence-corrected chi connectivity index (χ4v) is 1.14. The molecule has 0 bridgehead atoms. The highest BCUT2D eigenvalue weighted by molar-refractivity contribution is 5.70. The zero-order chi connectivity index (χ0) is 12.3. The van der Waals surface area contributed by atoms with Crippen LogP contribution in [0.15, 0.2) is 4.52 Å². The Balaban J connectivity index is 2.81. The quantitative estimate of drug-likeness (QED) is 0.817. The number of carbonyl (C=O) groups is 1. The highest BCUT2D eigenvalue weighted by Gasteiger charge is 2.26. The smallest absolute Gasteiger partial charge is 0.307 e. The number of anilines is 1. The van der Waals surface area contributed by atoms with Gasteiger partial charge in [0, 0.05) is 19.5 Å². The Bertz CT molecular complexity index is 364. The van der Waals surface area contributed by atoms with Crippen molar-refractivity contribution in [1.82, 2.24) is 10.1 Å². The van der Waals surface area contributed by atoms with E-state index in [1.807, 2.05) is 18.9 Å². The van der Waals surface area contributed by atoms with Crippen LogP contribution in [0, 0.1) is 5.92 Å². The Hall–Kier alpha value is -1.59. The van der Waals surface area contributed by atoms with Crippen LogP contribution in [0.25, 0.3) is 0 Å². The van der Waals surface area contributed by atoms with Gasteiger partial charge in [0.1, 0.15) is 0 Å². The van der Waals surface area contributed by atoms with E-state index in [0.29, 0.717) is 11.8 Å². The highest BCUT2D eigenvalue weighted by atomic mass is 16.5. The monoisotopic (exact) mass is 227 g/mol. The van der Waals surface area contributed by atoms with Gasteiger partial charge in [-0.3, -0.25) is 4.79 Å². The lowest BCUT2D eigenvalue weighted by atomic mass is 9.96. The number of nitrogens with zero attached hydrogens (tertiary/aromatic N) is 3. The molecule has 0 radical (unpaired) electrons. The number of hydrogen-bond donors (Lipinski definition) is 1. The fraction of sp³-hybridized carbons (Fsp3) is 0.700. The molecule has 0 aliphatic heterocycles. The topological polar surface area (TPSA) is 79.5 Å². The largest absolute Gasteiger partial charge is 0.481 e. The zero-order valence-electron chi connectivity index (χ0n) is 9.97. The molecule has 1 aromatic heterocycles. The van der Waals surface area contributed by atoms with E-state index in [1.54, 1.807) is 13.8 Å². The third-order valence-electron chi connectivity index (χ3n) is 2.78. The summed E-state index contributed by atoms with van der Waals surface area (Å²) in [5.41, 5.74) is 0. The molecule has 0 aliphatic rings. The first-order valence-electron chi connectivity index (χ1n) is 5.24. The molecule has 2 unspecified atom stereocenters. The summed E-state index contributed by atoms with van der Waals surface area (Å²) in [6.45, 7) is 6.13. The van der Waals surface area contributed by atoms with Gasteiger partial charge in [-0.2, -0.15) is 4.98 Å². The summed E-state index contributed by atoms with van der Waals surface area (Å²) in [6, 6.07) is 0. The van der Waals surface area contributed by atoms with E-state index in [9.17, 15) is 4.79 Å². The van der Waals surface area contributed by atoms with Gasteiger partial charge in [0.2, 0.25) is 5.89 Å². The normalized spacial score (nSPS) is 14.5. The maximum absolute atomic E-state index is 10.8. The van der Waals surface area contributed by atoms with Gasteiger partial charge in [-0.15, -0.1) is 0 Å². The van der Waals surface area contributed by atoms with Gasteiger partial charge in [0.15, 0.2) is 0 Å². The Morgan fingerprint density at radius 3 is 2.69 bits per heavy atom. The molecule has 0 aliphatic carbocycles. The van der Waals surface area contributed by atoms with Gasteiger partial charge in [-0.25, -0.2) is 0 Å². The van der Waals surface area contributed by atoms with Crippen molar-refractivity contribution in [3.63, 3.8) is 0 Å². The Labute approximate surface area is 94.3 Å². The average Bonchev–Trinajstić information content (AvgIpc) is 2.75. The van der Waals surface area contributed by atoms with E-state index in [1.165, 1.54) is 0 Å². The first kappa shape index (κ1) is 12.5.